The lowest BCUT2D eigenvalue weighted by atomic mass is 10.1. The zero-order chi connectivity index (χ0) is 20.2. The number of carbonyl (C=O) groups excluding carboxylic acids is 1. The van der Waals surface area contributed by atoms with Gasteiger partial charge >= 0.3 is 0 Å². The summed E-state index contributed by atoms with van der Waals surface area (Å²) in [5, 5.41) is 11.2. The van der Waals surface area contributed by atoms with E-state index in [1.807, 2.05) is 9.47 Å². The first-order valence-electron chi connectivity index (χ1n) is 9.73. The molecule has 0 spiro atoms. The third kappa shape index (κ3) is 4.88. The van der Waals surface area contributed by atoms with E-state index in [4.69, 9.17) is 0 Å². The third-order valence-electron chi connectivity index (χ3n) is 5.14. The fraction of sp³-hybridized carbons (Fsp3) is 0.381. The Kier molecular flexibility index (Phi) is 6.32. The summed E-state index contributed by atoms with van der Waals surface area (Å²) < 4.78 is 1.96. The summed E-state index contributed by atoms with van der Waals surface area (Å²) in [4.78, 5) is 18.5. The summed E-state index contributed by atoms with van der Waals surface area (Å²) >= 11 is 3.24. The molecule has 3 aromatic rings. The molecule has 1 amide bonds. The molecule has 1 aromatic carbocycles. The summed E-state index contributed by atoms with van der Waals surface area (Å²) in [7, 11) is 0. The lowest BCUT2D eigenvalue weighted by molar-refractivity contribution is -0.130. The van der Waals surface area contributed by atoms with Gasteiger partial charge < -0.3 is 4.90 Å². The van der Waals surface area contributed by atoms with Gasteiger partial charge in [0.1, 0.15) is 6.33 Å². The molecule has 1 fully saturated rings. The van der Waals surface area contributed by atoms with Gasteiger partial charge in [-0.1, -0.05) is 35.5 Å². The number of piperazine rings is 1. The van der Waals surface area contributed by atoms with E-state index < -0.39 is 0 Å². The zero-order valence-electron chi connectivity index (χ0n) is 16.7. The number of thioether (sulfide) groups is 1. The van der Waals surface area contributed by atoms with E-state index in [2.05, 4.69) is 64.7 Å². The minimum atomic E-state index is 0.168. The molecule has 1 aliphatic heterocycles. The standard InChI is InChI=1S/C21H25N5OS2/c1-16-5-6-19(17(2)12-16)26-15-22-23-21(26)29-14-20(27)25-9-7-24(8-10-25)13-18-4-3-11-28-18/h3-6,11-12,15H,7-10,13-14H2,1-2H3. The Morgan fingerprint density at radius 1 is 1.17 bits per heavy atom. The molecule has 6 nitrogen and oxygen atoms in total. The first-order chi connectivity index (χ1) is 14.1. The Balaban J connectivity index is 1.31. The van der Waals surface area contributed by atoms with Gasteiger partial charge in [-0.15, -0.1) is 21.5 Å². The molecule has 0 bridgehead atoms. The average Bonchev–Trinajstić information content (AvgIpc) is 3.39. The second-order valence-electron chi connectivity index (χ2n) is 7.30. The van der Waals surface area contributed by atoms with Crippen LogP contribution in [0.5, 0.6) is 0 Å². The van der Waals surface area contributed by atoms with E-state index in [1.165, 1.54) is 27.8 Å². The summed E-state index contributed by atoms with van der Waals surface area (Å²) in [6.45, 7) is 8.56. The van der Waals surface area contributed by atoms with Crippen molar-refractivity contribution >= 4 is 29.0 Å². The van der Waals surface area contributed by atoms with Crippen molar-refractivity contribution in [2.45, 2.75) is 25.5 Å². The van der Waals surface area contributed by atoms with Gasteiger partial charge in [-0.2, -0.15) is 0 Å². The summed E-state index contributed by atoms with van der Waals surface area (Å²) in [5.74, 6) is 0.551. The van der Waals surface area contributed by atoms with Crippen molar-refractivity contribution < 1.29 is 4.79 Å². The van der Waals surface area contributed by atoms with Gasteiger partial charge in [-0.3, -0.25) is 14.3 Å². The topological polar surface area (TPSA) is 54.3 Å². The highest BCUT2D eigenvalue weighted by molar-refractivity contribution is 7.99. The van der Waals surface area contributed by atoms with Crippen LogP contribution in [-0.4, -0.2) is 62.4 Å². The monoisotopic (exact) mass is 427 g/mol. The first-order valence-corrected chi connectivity index (χ1v) is 11.6. The van der Waals surface area contributed by atoms with Crippen LogP contribution < -0.4 is 0 Å². The number of aromatic nitrogens is 3. The Labute approximate surface area is 179 Å². The molecular formula is C21H25N5OS2. The molecule has 0 radical (unpaired) electrons. The lowest BCUT2D eigenvalue weighted by Gasteiger charge is -2.34. The molecule has 8 heteroatoms. The maximum atomic E-state index is 12.7. The second-order valence-corrected chi connectivity index (χ2v) is 9.27. The molecule has 4 rings (SSSR count). The molecule has 0 aliphatic carbocycles. The van der Waals surface area contributed by atoms with E-state index in [-0.39, 0.29) is 5.91 Å². The van der Waals surface area contributed by atoms with E-state index in [9.17, 15) is 4.79 Å². The number of amides is 1. The van der Waals surface area contributed by atoms with Gasteiger partial charge in [-0.05, 0) is 36.9 Å². The van der Waals surface area contributed by atoms with Gasteiger partial charge in [0, 0.05) is 37.6 Å². The third-order valence-corrected chi connectivity index (χ3v) is 6.93. The molecule has 2 aromatic heterocycles. The van der Waals surface area contributed by atoms with Gasteiger partial charge in [0.25, 0.3) is 0 Å². The van der Waals surface area contributed by atoms with Crippen molar-refractivity contribution in [3.05, 3.63) is 58.0 Å². The second kappa shape index (κ2) is 9.11. The number of aryl methyl sites for hydroxylation is 2. The Morgan fingerprint density at radius 3 is 2.72 bits per heavy atom. The van der Waals surface area contributed by atoms with Crippen molar-refractivity contribution in [3.8, 4) is 5.69 Å². The summed E-state index contributed by atoms with van der Waals surface area (Å²) in [6, 6.07) is 10.6. The molecule has 152 valence electrons. The molecule has 0 atom stereocenters. The van der Waals surface area contributed by atoms with Crippen LogP contribution in [0.4, 0.5) is 0 Å². The molecule has 0 N–H and O–H groups in total. The number of carbonyl (C=O) groups is 1. The van der Waals surface area contributed by atoms with Crippen LogP contribution in [0.15, 0.2) is 47.2 Å². The number of thiophene rings is 1. The van der Waals surface area contributed by atoms with Gasteiger partial charge in [0.15, 0.2) is 5.16 Å². The molecule has 29 heavy (non-hydrogen) atoms. The molecule has 3 heterocycles. The van der Waals surface area contributed by atoms with Gasteiger partial charge in [0.2, 0.25) is 5.91 Å². The highest BCUT2D eigenvalue weighted by atomic mass is 32.2. The van der Waals surface area contributed by atoms with Crippen molar-refractivity contribution in [2.24, 2.45) is 0 Å². The van der Waals surface area contributed by atoms with E-state index in [0.717, 1.165) is 43.6 Å². The predicted molar refractivity (Wildman–Crippen MR) is 118 cm³/mol. The lowest BCUT2D eigenvalue weighted by Crippen LogP contribution is -2.48. The zero-order valence-corrected chi connectivity index (χ0v) is 18.4. The maximum Gasteiger partial charge on any atom is 0.233 e. The number of hydrogen-bond donors (Lipinski definition) is 0. The average molecular weight is 428 g/mol. The predicted octanol–water partition coefficient (Wildman–Crippen LogP) is 3.38. The van der Waals surface area contributed by atoms with Crippen molar-refractivity contribution in [2.75, 3.05) is 31.9 Å². The highest BCUT2D eigenvalue weighted by Crippen LogP contribution is 2.23. The number of hydrogen-bond acceptors (Lipinski definition) is 6. The molecule has 1 aliphatic rings. The molecule has 0 unspecified atom stereocenters. The summed E-state index contributed by atoms with van der Waals surface area (Å²) in [5.41, 5.74) is 3.44. The van der Waals surface area contributed by atoms with Crippen molar-refractivity contribution in [1.82, 2.24) is 24.6 Å². The van der Waals surface area contributed by atoms with Crippen LogP contribution >= 0.6 is 23.1 Å². The van der Waals surface area contributed by atoms with Crippen LogP contribution in [0.1, 0.15) is 16.0 Å². The quantitative estimate of drug-likeness (QED) is 0.565. The van der Waals surface area contributed by atoms with Crippen LogP contribution in [-0.2, 0) is 11.3 Å². The Bertz CT molecular complexity index is 961. The van der Waals surface area contributed by atoms with Crippen molar-refractivity contribution in [1.29, 1.82) is 0 Å². The molecule has 0 saturated carbocycles. The molecule has 1 saturated heterocycles. The van der Waals surface area contributed by atoms with Crippen LogP contribution in [0.2, 0.25) is 0 Å². The maximum absolute atomic E-state index is 12.7. The van der Waals surface area contributed by atoms with E-state index >= 15 is 0 Å². The van der Waals surface area contributed by atoms with E-state index in [0.29, 0.717) is 5.75 Å². The normalized spacial score (nSPS) is 15.0. The Hall–Kier alpha value is -2.16. The van der Waals surface area contributed by atoms with E-state index in [1.54, 1.807) is 17.7 Å². The van der Waals surface area contributed by atoms with Crippen molar-refractivity contribution in [3.63, 3.8) is 0 Å². The fourth-order valence-corrected chi connectivity index (χ4v) is 5.13. The SMILES string of the molecule is Cc1ccc(-n2cnnc2SCC(=O)N2CCN(Cc3cccs3)CC2)c(C)c1. The van der Waals surface area contributed by atoms with Gasteiger partial charge in [-0.25, -0.2) is 0 Å². The van der Waals surface area contributed by atoms with Crippen LogP contribution in [0.3, 0.4) is 0 Å². The molecular weight excluding hydrogens is 402 g/mol. The first kappa shape index (κ1) is 20.1. The minimum absolute atomic E-state index is 0.168. The number of rotatable bonds is 6. The fourth-order valence-electron chi connectivity index (χ4n) is 3.56. The highest BCUT2D eigenvalue weighted by Gasteiger charge is 2.22. The van der Waals surface area contributed by atoms with Crippen LogP contribution in [0, 0.1) is 13.8 Å². The minimum Gasteiger partial charge on any atom is -0.339 e. The smallest absolute Gasteiger partial charge is 0.233 e. The summed E-state index contributed by atoms with van der Waals surface area (Å²) in [6.07, 6.45) is 1.72. The van der Waals surface area contributed by atoms with Crippen LogP contribution in [0.25, 0.3) is 5.69 Å². The largest absolute Gasteiger partial charge is 0.339 e. The number of benzene rings is 1. The van der Waals surface area contributed by atoms with Gasteiger partial charge in [0.05, 0.1) is 11.4 Å². The Morgan fingerprint density at radius 2 is 2.00 bits per heavy atom. The number of nitrogens with zero attached hydrogens (tertiary/aromatic N) is 5.